The molecule has 0 saturated carbocycles. The summed E-state index contributed by atoms with van der Waals surface area (Å²) in [4.78, 5) is 4.33. The summed E-state index contributed by atoms with van der Waals surface area (Å²) in [5.74, 6) is 0.395. The number of nitriles is 1. The van der Waals surface area contributed by atoms with Crippen molar-refractivity contribution >= 4 is 17.5 Å². The van der Waals surface area contributed by atoms with Crippen LogP contribution in [0.1, 0.15) is 6.92 Å². The zero-order valence-electron chi connectivity index (χ0n) is 8.75. The lowest BCUT2D eigenvalue weighted by Gasteiger charge is -2.38. The molecule has 0 fully saturated rings. The predicted octanol–water partition coefficient (Wildman–Crippen LogP) is 0.788. The van der Waals surface area contributed by atoms with Gasteiger partial charge in [-0.05, 0) is 24.8 Å². The first-order valence-corrected chi connectivity index (χ1v) is 5.83. The largest absolute Gasteiger partial charge is 0.757 e. The molecule has 0 amide bonds. The Hall–Kier alpha value is -1.51. The van der Waals surface area contributed by atoms with Crippen LogP contribution < -0.4 is 10.6 Å². The first-order valence-electron chi connectivity index (χ1n) is 4.85. The van der Waals surface area contributed by atoms with E-state index in [0.29, 0.717) is 11.4 Å². The van der Waals surface area contributed by atoms with E-state index in [-0.39, 0.29) is 0 Å². The van der Waals surface area contributed by atoms with Gasteiger partial charge >= 0.3 is 0 Å². The second kappa shape index (κ2) is 4.56. The van der Waals surface area contributed by atoms with Gasteiger partial charge in [0.25, 0.3) is 0 Å². The maximum atomic E-state index is 11.9. The number of rotatable bonds is 2. The summed E-state index contributed by atoms with van der Waals surface area (Å²) in [5, 5.41) is 24.9. The molecule has 1 unspecified atom stereocenters. The molecule has 0 bridgehead atoms. The second-order valence-corrected chi connectivity index (χ2v) is 4.24. The van der Waals surface area contributed by atoms with Gasteiger partial charge in [0.15, 0.2) is 0 Å². The molecule has 0 N–H and O–H groups in total. The molecule has 1 aromatic rings. The lowest BCUT2D eigenvalue weighted by atomic mass is 10.2. The summed E-state index contributed by atoms with van der Waals surface area (Å²) in [6.07, 6.45) is -0.487. The Bertz CT molecular complexity index is 549. The van der Waals surface area contributed by atoms with Gasteiger partial charge in [-0.3, -0.25) is 4.99 Å². The van der Waals surface area contributed by atoms with Crippen LogP contribution in [0, 0.1) is 15.9 Å². The summed E-state index contributed by atoms with van der Waals surface area (Å²) < 4.78 is 0. The van der Waals surface area contributed by atoms with E-state index in [2.05, 4.69) is 4.99 Å². The van der Waals surface area contributed by atoms with Gasteiger partial charge in [0.2, 0.25) is 0 Å². The molecule has 0 aliphatic carbocycles. The molecular formula is C11H10N3OS-. The SMILES string of the molecule is CC1=c2ccccc2=NC(CSC#N)N1[O-]. The van der Waals surface area contributed by atoms with Crippen molar-refractivity contribution in [3.05, 3.63) is 40.0 Å². The van der Waals surface area contributed by atoms with Crippen LogP contribution in [0.15, 0.2) is 29.3 Å². The van der Waals surface area contributed by atoms with Crippen molar-refractivity contribution in [3.8, 4) is 5.40 Å². The highest BCUT2D eigenvalue weighted by molar-refractivity contribution is 8.03. The van der Waals surface area contributed by atoms with Gasteiger partial charge in [-0.15, -0.1) is 0 Å². The third-order valence-electron chi connectivity index (χ3n) is 2.48. The fraction of sp³-hybridized carbons (Fsp3) is 0.273. The van der Waals surface area contributed by atoms with Crippen LogP contribution in [-0.4, -0.2) is 17.0 Å². The van der Waals surface area contributed by atoms with Crippen LogP contribution in [-0.2, 0) is 0 Å². The zero-order chi connectivity index (χ0) is 11.5. The van der Waals surface area contributed by atoms with Gasteiger partial charge in [0.05, 0.1) is 5.36 Å². The number of hydroxylamine groups is 2. The number of hydrogen-bond acceptors (Lipinski definition) is 5. The average Bonchev–Trinajstić information content (AvgIpc) is 2.32. The molecule has 82 valence electrons. The number of fused-ring (bicyclic) bond motifs is 1. The Kier molecular flexibility index (Phi) is 3.13. The Morgan fingerprint density at radius 2 is 2.31 bits per heavy atom. The average molecular weight is 232 g/mol. The highest BCUT2D eigenvalue weighted by atomic mass is 32.2. The molecule has 16 heavy (non-hydrogen) atoms. The summed E-state index contributed by atoms with van der Waals surface area (Å²) >= 11 is 1.05. The monoisotopic (exact) mass is 232 g/mol. The van der Waals surface area contributed by atoms with Crippen molar-refractivity contribution in [2.24, 2.45) is 4.99 Å². The fourth-order valence-corrected chi connectivity index (χ4v) is 2.10. The first kappa shape index (κ1) is 11.0. The molecule has 1 aromatic carbocycles. The molecule has 2 rings (SSSR count). The van der Waals surface area contributed by atoms with Gasteiger partial charge in [-0.25, -0.2) is 0 Å². The molecule has 0 radical (unpaired) electrons. The van der Waals surface area contributed by atoms with Crippen LogP contribution in [0.3, 0.4) is 0 Å². The second-order valence-electron chi connectivity index (χ2n) is 3.44. The number of thioether (sulfide) groups is 1. The van der Waals surface area contributed by atoms with Crippen molar-refractivity contribution in [2.45, 2.75) is 13.1 Å². The van der Waals surface area contributed by atoms with Gasteiger partial charge in [-0.1, -0.05) is 18.2 Å². The van der Waals surface area contributed by atoms with Crippen LogP contribution in [0.5, 0.6) is 0 Å². The van der Waals surface area contributed by atoms with Gasteiger partial charge in [0, 0.05) is 16.7 Å². The lowest BCUT2D eigenvalue weighted by molar-refractivity contribution is 0.407. The molecule has 0 saturated heterocycles. The maximum absolute atomic E-state index is 11.9. The van der Waals surface area contributed by atoms with E-state index < -0.39 is 6.17 Å². The Morgan fingerprint density at radius 1 is 1.56 bits per heavy atom. The molecule has 1 atom stereocenters. The summed E-state index contributed by atoms with van der Waals surface area (Å²) in [5.41, 5.74) is 0.661. The number of thiocyanates is 1. The topological polar surface area (TPSA) is 62.5 Å². The van der Waals surface area contributed by atoms with Crippen molar-refractivity contribution in [1.82, 2.24) is 5.06 Å². The molecular weight excluding hydrogens is 222 g/mol. The van der Waals surface area contributed by atoms with Crippen molar-refractivity contribution in [3.63, 3.8) is 0 Å². The number of nitrogens with zero attached hydrogens (tertiary/aromatic N) is 3. The van der Waals surface area contributed by atoms with Crippen LogP contribution >= 0.6 is 11.8 Å². The molecule has 5 heteroatoms. The van der Waals surface area contributed by atoms with Crippen LogP contribution in [0.4, 0.5) is 0 Å². The normalized spacial score (nSPS) is 18.7. The Balaban J connectivity index is 2.46. The Labute approximate surface area is 97.5 Å². The van der Waals surface area contributed by atoms with E-state index in [9.17, 15) is 5.21 Å². The molecule has 1 heterocycles. The predicted molar refractivity (Wildman–Crippen MR) is 63.4 cm³/mol. The zero-order valence-corrected chi connectivity index (χ0v) is 9.57. The smallest absolute Gasteiger partial charge is 0.133 e. The highest BCUT2D eigenvalue weighted by Gasteiger charge is 2.14. The van der Waals surface area contributed by atoms with Gasteiger partial charge < -0.3 is 10.3 Å². The van der Waals surface area contributed by atoms with E-state index in [1.807, 2.05) is 29.7 Å². The fourth-order valence-electron chi connectivity index (χ4n) is 1.66. The minimum atomic E-state index is -0.487. The molecule has 4 nitrogen and oxygen atoms in total. The van der Waals surface area contributed by atoms with Crippen molar-refractivity contribution in [2.75, 3.05) is 5.75 Å². The molecule has 1 aliphatic heterocycles. The highest BCUT2D eigenvalue weighted by Crippen LogP contribution is 2.14. The lowest BCUT2D eigenvalue weighted by Crippen LogP contribution is -2.43. The molecule has 0 aromatic heterocycles. The summed E-state index contributed by atoms with van der Waals surface area (Å²) in [6.45, 7) is 1.78. The Morgan fingerprint density at radius 3 is 3.06 bits per heavy atom. The van der Waals surface area contributed by atoms with Crippen molar-refractivity contribution < 1.29 is 0 Å². The summed E-state index contributed by atoms with van der Waals surface area (Å²) in [7, 11) is 0. The third-order valence-corrected chi connectivity index (χ3v) is 3.07. The number of para-hydroxylation sites is 1. The number of hydrogen-bond donors (Lipinski definition) is 0. The summed E-state index contributed by atoms with van der Waals surface area (Å²) in [6, 6.07) is 7.54. The standard InChI is InChI=1S/C11H10N3OS/c1-8-9-4-2-3-5-10(9)13-11(14(8)15)6-16-7-12/h2-5,11H,6H2,1H3/q-1. The van der Waals surface area contributed by atoms with E-state index in [0.717, 1.165) is 27.4 Å². The van der Waals surface area contributed by atoms with Gasteiger partial charge in [-0.2, -0.15) is 5.26 Å². The first-order chi connectivity index (χ1) is 7.74. The van der Waals surface area contributed by atoms with Gasteiger partial charge in [0.1, 0.15) is 11.6 Å². The third kappa shape index (κ3) is 1.90. The van der Waals surface area contributed by atoms with E-state index in [4.69, 9.17) is 5.26 Å². The van der Waals surface area contributed by atoms with E-state index in [1.54, 1.807) is 6.92 Å². The molecule has 0 spiro atoms. The molecule has 1 aliphatic rings. The van der Waals surface area contributed by atoms with E-state index in [1.165, 1.54) is 0 Å². The van der Waals surface area contributed by atoms with Crippen LogP contribution in [0.2, 0.25) is 0 Å². The minimum absolute atomic E-state index is 0.395. The van der Waals surface area contributed by atoms with Crippen LogP contribution in [0.25, 0.3) is 5.70 Å². The maximum Gasteiger partial charge on any atom is 0.133 e. The quantitative estimate of drug-likeness (QED) is 0.707. The van der Waals surface area contributed by atoms with E-state index >= 15 is 0 Å². The number of benzene rings is 1. The van der Waals surface area contributed by atoms with Crippen molar-refractivity contribution in [1.29, 1.82) is 5.26 Å². The minimum Gasteiger partial charge on any atom is -0.757 e.